The first-order valence-corrected chi connectivity index (χ1v) is 26.6. The maximum atomic E-state index is 10.2. The zero-order chi connectivity index (χ0) is 50.7. The molecule has 0 saturated carbocycles. The number of phenolic OH excluding ortho intramolecular Hbond substituents is 1. The van der Waals surface area contributed by atoms with Crippen molar-refractivity contribution in [1.29, 1.82) is 0 Å². The molecular formula is C73H56O2. The van der Waals surface area contributed by atoms with Crippen LogP contribution in [0.1, 0.15) is 63.3 Å². The van der Waals surface area contributed by atoms with Crippen LogP contribution in [0.5, 0.6) is 11.5 Å². The Bertz CT molecular complexity index is 4210. The van der Waals surface area contributed by atoms with Crippen LogP contribution in [0.25, 0.3) is 121 Å². The van der Waals surface area contributed by atoms with Gasteiger partial charge in [0.1, 0.15) is 11.5 Å². The number of aromatic hydroxyl groups is 1. The lowest BCUT2D eigenvalue weighted by Gasteiger charge is -2.24. The number of hydrogen-bond acceptors (Lipinski definition) is 2. The Morgan fingerprint density at radius 3 is 0.907 bits per heavy atom. The second kappa shape index (κ2) is 16.9. The molecule has 12 aromatic carbocycles. The van der Waals surface area contributed by atoms with E-state index in [4.69, 9.17) is 4.74 Å². The van der Waals surface area contributed by atoms with Crippen molar-refractivity contribution in [2.24, 2.45) is 0 Å². The Labute approximate surface area is 439 Å². The van der Waals surface area contributed by atoms with Crippen LogP contribution in [-0.4, -0.2) is 11.7 Å². The maximum absolute atomic E-state index is 10.2. The maximum Gasteiger partial charge on any atom is 0.119 e. The van der Waals surface area contributed by atoms with Crippen molar-refractivity contribution in [3.8, 4) is 89.4 Å². The number of hydrogen-bond donors (Lipinski definition) is 1. The van der Waals surface area contributed by atoms with Crippen LogP contribution < -0.4 is 4.74 Å². The van der Waals surface area contributed by atoms with Gasteiger partial charge in [0.25, 0.3) is 0 Å². The Kier molecular flexibility index (Phi) is 10.1. The Morgan fingerprint density at radius 2 is 0.587 bits per heavy atom. The average Bonchev–Trinajstić information content (AvgIpc) is 3.87. The molecule has 0 spiro atoms. The molecule has 0 aliphatic heterocycles. The Balaban J connectivity index is 0.822. The fourth-order valence-corrected chi connectivity index (χ4v) is 13.2. The molecule has 2 nitrogen and oxygen atoms in total. The minimum Gasteiger partial charge on any atom is -0.508 e. The summed E-state index contributed by atoms with van der Waals surface area (Å²) in [4.78, 5) is 0. The van der Waals surface area contributed by atoms with Crippen LogP contribution in [0.2, 0.25) is 0 Å². The van der Waals surface area contributed by atoms with Gasteiger partial charge in [0.15, 0.2) is 0 Å². The van der Waals surface area contributed by atoms with Gasteiger partial charge < -0.3 is 9.84 Å². The molecule has 0 unspecified atom stereocenters. The molecule has 2 heteroatoms. The van der Waals surface area contributed by atoms with Crippen molar-refractivity contribution in [3.63, 3.8) is 0 Å². The fourth-order valence-electron chi connectivity index (χ4n) is 13.2. The molecular weight excluding hydrogens is 909 g/mol. The molecule has 0 saturated heterocycles. The number of phenols is 1. The van der Waals surface area contributed by atoms with Crippen molar-refractivity contribution in [3.05, 3.63) is 241 Å². The van der Waals surface area contributed by atoms with Gasteiger partial charge in [0.2, 0.25) is 0 Å². The highest BCUT2D eigenvalue weighted by Gasteiger charge is 2.38. The van der Waals surface area contributed by atoms with E-state index in [1.165, 1.54) is 138 Å². The summed E-state index contributed by atoms with van der Waals surface area (Å²) in [5, 5.41) is 20.1. The second-order valence-electron chi connectivity index (χ2n) is 21.9. The monoisotopic (exact) mass is 964 g/mol. The fraction of sp³-hybridized carbons (Fsp3) is 0.123. The summed E-state index contributed by atoms with van der Waals surface area (Å²) in [6.45, 7) is 12.5. The number of fused-ring (bicyclic) bond motifs is 10. The summed E-state index contributed by atoms with van der Waals surface area (Å²) >= 11 is 0. The molecule has 75 heavy (non-hydrogen) atoms. The molecule has 0 radical (unpaired) electrons. The van der Waals surface area contributed by atoms with E-state index in [1.807, 2.05) is 12.1 Å². The van der Waals surface area contributed by atoms with Crippen molar-refractivity contribution in [2.75, 3.05) is 6.61 Å². The smallest absolute Gasteiger partial charge is 0.119 e. The third-order valence-electron chi connectivity index (χ3n) is 16.9. The third-order valence-corrected chi connectivity index (χ3v) is 16.9. The molecule has 0 heterocycles. The lowest BCUT2D eigenvalue weighted by Crippen LogP contribution is -2.15. The highest BCUT2D eigenvalue weighted by atomic mass is 16.5. The molecule has 12 aromatic rings. The summed E-state index contributed by atoms with van der Waals surface area (Å²) in [7, 11) is 0. The topological polar surface area (TPSA) is 29.5 Å². The lowest BCUT2D eigenvalue weighted by molar-refractivity contribution is 0.317. The van der Waals surface area contributed by atoms with E-state index in [2.05, 4.69) is 229 Å². The van der Waals surface area contributed by atoms with Gasteiger partial charge in [0.05, 0.1) is 6.61 Å². The van der Waals surface area contributed by atoms with E-state index in [9.17, 15) is 5.11 Å². The molecule has 0 fully saturated rings. The van der Waals surface area contributed by atoms with E-state index >= 15 is 0 Å². The van der Waals surface area contributed by atoms with Gasteiger partial charge in [-0.1, -0.05) is 204 Å². The predicted molar refractivity (Wildman–Crippen MR) is 316 cm³/mol. The van der Waals surface area contributed by atoms with Crippen LogP contribution >= 0.6 is 0 Å². The summed E-state index contributed by atoms with van der Waals surface area (Å²) in [5.41, 5.74) is 22.5. The average molecular weight is 965 g/mol. The zero-order valence-corrected chi connectivity index (χ0v) is 43.1. The predicted octanol–water partition coefficient (Wildman–Crippen LogP) is 19.7. The number of benzene rings is 12. The van der Waals surface area contributed by atoms with Gasteiger partial charge in [-0.15, -0.1) is 0 Å². The third kappa shape index (κ3) is 6.85. The van der Waals surface area contributed by atoms with Crippen molar-refractivity contribution in [1.82, 2.24) is 0 Å². The van der Waals surface area contributed by atoms with Crippen molar-refractivity contribution >= 4 is 43.1 Å². The number of rotatable bonds is 8. The zero-order valence-electron chi connectivity index (χ0n) is 43.1. The van der Waals surface area contributed by atoms with E-state index in [1.54, 1.807) is 12.1 Å². The van der Waals surface area contributed by atoms with Crippen LogP contribution in [0, 0.1) is 0 Å². The Hall–Kier alpha value is -8.72. The van der Waals surface area contributed by atoms with Gasteiger partial charge in [0, 0.05) is 10.8 Å². The molecule has 360 valence electrons. The Morgan fingerprint density at radius 1 is 0.320 bits per heavy atom. The van der Waals surface area contributed by atoms with Crippen molar-refractivity contribution in [2.45, 2.75) is 51.9 Å². The molecule has 0 aromatic heterocycles. The van der Waals surface area contributed by atoms with E-state index in [0.717, 1.165) is 17.7 Å². The van der Waals surface area contributed by atoms with E-state index in [0.29, 0.717) is 6.61 Å². The van der Waals surface area contributed by atoms with Gasteiger partial charge in [-0.05, 0) is 198 Å². The minimum atomic E-state index is -0.225. The summed E-state index contributed by atoms with van der Waals surface area (Å²) in [6.07, 6.45) is 0.983. The molecule has 2 aliphatic carbocycles. The van der Waals surface area contributed by atoms with Crippen molar-refractivity contribution < 1.29 is 9.84 Å². The SMILES string of the molecule is CCCOc1ccc(-c2c3ccccc3c(-c3ccc4c(c3)C(C)(C)c3cc(-c5ccc6c(c5)C(C)(C)c5cc(-c7c8ccccc8c(-c8ccc(O)cc8)c8ccccc78)ccc5-6)ccc3-4)c3ccccc23)cc1. The first-order chi connectivity index (χ1) is 36.6. The quantitative estimate of drug-likeness (QED) is 0.154. The standard InChI is InChI=1S/C73H56O2/c1-6-39-75-51-33-25-45(26-34-51)69-58-17-9-13-21-62(58)71(63-22-14-10-18-59(63)69)49-30-38-55-53-36-28-47(41-65(53)73(4,5)67(55)43-49)46-27-35-52-54-37-29-48(42-66(54)72(2,3)64(52)40-46)70-60-19-11-7-15-56(60)68(44-23-31-50(74)32-24-44)57-16-8-12-20-61(57)70/h7-38,40-43,74H,6,39H2,1-5H3. The van der Waals surface area contributed by atoms with Gasteiger partial charge in [-0.2, -0.15) is 0 Å². The first kappa shape index (κ1) is 44.9. The molecule has 1 N–H and O–H groups in total. The highest BCUT2D eigenvalue weighted by Crippen LogP contribution is 2.55. The van der Waals surface area contributed by atoms with Crippen LogP contribution in [0.4, 0.5) is 0 Å². The molecule has 2 aliphatic rings. The second-order valence-corrected chi connectivity index (χ2v) is 21.9. The van der Waals surface area contributed by atoms with Gasteiger partial charge in [-0.3, -0.25) is 0 Å². The van der Waals surface area contributed by atoms with E-state index in [-0.39, 0.29) is 16.6 Å². The van der Waals surface area contributed by atoms with E-state index < -0.39 is 0 Å². The molecule has 14 rings (SSSR count). The van der Waals surface area contributed by atoms with Crippen LogP contribution in [-0.2, 0) is 10.8 Å². The summed E-state index contributed by atoms with van der Waals surface area (Å²) < 4.78 is 5.98. The minimum absolute atomic E-state index is 0.219. The lowest BCUT2D eigenvalue weighted by atomic mass is 9.79. The van der Waals surface area contributed by atoms with Crippen LogP contribution in [0.15, 0.2) is 218 Å². The molecule has 0 atom stereocenters. The van der Waals surface area contributed by atoms with Gasteiger partial charge >= 0.3 is 0 Å². The molecule has 0 amide bonds. The largest absolute Gasteiger partial charge is 0.508 e. The summed E-state index contributed by atoms with van der Waals surface area (Å²) in [6, 6.07) is 80.5. The highest BCUT2D eigenvalue weighted by molar-refractivity contribution is 6.23. The first-order valence-electron chi connectivity index (χ1n) is 26.6. The van der Waals surface area contributed by atoms with Crippen LogP contribution in [0.3, 0.4) is 0 Å². The number of ether oxygens (including phenoxy) is 1. The summed E-state index contributed by atoms with van der Waals surface area (Å²) in [5.74, 6) is 1.18. The normalized spacial score (nSPS) is 13.8. The molecule has 0 bridgehead atoms. The van der Waals surface area contributed by atoms with Gasteiger partial charge in [-0.25, -0.2) is 0 Å².